The van der Waals surface area contributed by atoms with Crippen LogP contribution >= 0.6 is 23.1 Å². The van der Waals surface area contributed by atoms with Crippen LogP contribution in [0, 0.1) is 11.3 Å². The van der Waals surface area contributed by atoms with Crippen molar-refractivity contribution in [2.75, 3.05) is 12.5 Å². The van der Waals surface area contributed by atoms with Gasteiger partial charge in [-0.1, -0.05) is 23.9 Å². The van der Waals surface area contributed by atoms with Gasteiger partial charge in [0.1, 0.15) is 21.9 Å². The van der Waals surface area contributed by atoms with Gasteiger partial charge in [0.2, 0.25) is 6.79 Å². The molecule has 0 fully saturated rings. The first-order valence-electron chi connectivity index (χ1n) is 8.83. The first-order valence-corrected chi connectivity index (χ1v) is 10.6. The molecule has 0 unspecified atom stereocenters. The molecule has 0 aliphatic carbocycles. The molecule has 5 rings (SSSR count). The second kappa shape index (κ2) is 7.35. The van der Waals surface area contributed by atoms with Crippen molar-refractivity contribution in [2.45, 2.75) is 11.4 Å². The molecule has 0 saturated heterocycles. The smallest absolute Gasteiger partial charge is 0.231 e. The fourth-order valence-electron chi connectivity index (χ4n) is 3.10. The number of carbonyl (C=O) groups excluding carboxylic acids is 1. The van der Waals surface area contributed by atoms with Gasteiger partial charge in [-0.15, -0.1) is 11.3 Å². The lowest BCUT2D eigenvalue weighted by Crippen LogP contribution is -2.06. The maximum Gasteiger partial charge on any atom is 0.231 e. The molecule has 0 bridgehead atoms. The summed E-state index contributed by atoms with van der Waals surface area (Å²) in [5.41, 5.74) is 2.05. The van der Waals surface area contributed by atoms with Gasteiger partial charge >= 0.3 is 0 Å². The Hall–Kier alpha value is -3.15. The minimum absolute atomic E-state index is 0.0468. The Bertz CT molecular complexity index is 1280. The Morgan fingerprint density at radius 1 is 1.14 bits per heavy atom. The highest BCUT2D eigenvalue weighted by molar-refractivity contribution is 8.00. The van der Waals surface area contributed by atoms with Crippen molar-refractivity contribution < 1.29 is 14.3 Å². The van der Waals surface area contributed by atoms with E-state index in [-0.39, 0.29) is 24.7 Å². The van der Waals surface area contributed by atoms with E-state index in [0.717, 1.165) is 20.6 Å². The Balaban J connectivity index is 1.34. The highest BCUT2D eigenvalue weighted by Crippen LogP contribution is 2.37. The molecule has 2 aromatic heterocycles. The van der Waals surface area contributed by atoms with Gasteiger partial charge in [-0.2, -0.15) is 5.26 Å². The molecule has 6 nitrogen and oxygen atoms in total. The number of nitrogens with zero attached hydrogens (tertiary/aromatic N) is 3. The number of nitriles is 1. The van der Waals surface area contributed by atoms with E-state index in [0.29, 0.717) is 27.6 Å². The number of benzene rings is 2. The number of fused-ring (bicyclic) bond motifs is 3. The monoisotopic (exact) mass is 419 g/mol. The number of carbonyl (C=O) groups is 1. The summed E-state index contributed by atoms with van der Waals surface area (Å²) in [5, 5.41) is 11.6. The largest absolute Gasteiger partial charge is 0.454 e. The molecule has 8 heteroatoms. The zero-order chi connectivity index (χ0) is 19.8. The number of hydrogen-bond donors (Lipinski definition) is 0. The molecule has 0 atom stereocenters. The summed E-state index contributed by atoms with van der Waals surface area (Å²) in [6.45, 7) is 0.179. The summed E-state index contributed by atoms with van der Waals surface area (Å²) in [6, 6.07) is 15.4. The van der Waals surface area contributed by atoms with Gasteiger partial charge in [0, 0.05) is 11.5 Å². The number of thioether (sulfide) groups is 1. The number of Topliss-reactive ketones (excluding diaryl/α,β-unsaturated/α-hetero) is 1. The van der Waals surface area contributed by atoms with Gasteiger partial charge in [0.25, 0.3) is 0 Å². The molecule has 1 aliphatic heterocycles. The second-order valence-electron chi connectivity index (χ2n) is 6.43. The summed E-state index contributed by atoms with van der Waals surface area (Å²) < 4.78 is 11.9. The highest BCUT2D eigenvalue weighted by atomic mass is 32.2. The first-order chi connectivity index (χ1) is 14.2. The van der Waals surface area contributed by atoms with Crippen molar-refractivity contribution in [3.8, 4) is 17.6 Å². The number of pyridine rings is 1. The van der Waals surface area contributed by atoms with Crippen molar-refractivity contribution in [1.29, 1.82) is 5.26 Å². The molecule has 3 heterocycles. The maximum atomic E-state index is 12.5. The Morgan fingerprint density at radius 3 is 2.79 bits per heavy atom. The minimum Gasteiger partial charge on any atom is -0.454 e. The predicted molar refractivity (Wildman–Crippen MR) is 112 cm³/mol. The van der Waals surface area contributed by atoms with Crippen LogP contribution in [0.15, 0.2) is 47.5 Å². The zero-order valence-corrected chi connectivity index (χ0v) is 16.7. The Morgan fingerprint density at radius 2 is 1.97 bits per heavy atom. The standard InChI is InChI=1S/C21H13N3O3S2/c22-9-13-5-12-6-17-18(27-11-26-17)8-16(12)24-21(13)28-10-14(25)7-20-23-15-3-1-2-4-19(15)29-20/h1-6,8H,7,10-11H2. The fraction of sp³-hybridized carbons (Fsp3) is 0.143. The third kappa shape index (κ3) is 3.50. The number of thiazole rings is 1. The van der Waals surface area contributed by atoms with Gasteiger partial charge in [-0.3, -0.25) is 4.79 Å². The van der Waals surface area contributed by atoms with E-state index >= 15 is 0 Å². The van der Waals surface area contributed by atoms with Gasteiger partial charge < -0.3 is 9.47 Å². The van der Waals surface area contributed by atoms with Crippen LogP contribution in [0.1, 0.15) is 10.6 Å². The van der Waals surface area contributed by atoms with Crippen LogP contribution in [-0.2, 0) is 11.2 Å². The van der Waals surface area contributed by atoms with Crippen LogP contribution in [0.3, 0.4) is 0 Å². The highest BCUT2D eigenvalue weighted by Gasteiger charge is 2.17. The molecule has 0 spiro atoms. The van der Waals surface area contributed by atoms with Gasteiger partial charge in [-0.25, -0.2) is 9.97 Å². The molecule has 0 amide bonds. The van der Waals surface area contributed by atoms with Crippen LogP contribution in [0.5, 0.6) is 11.5 Å². The lowest BCUT2D eigenvalue weighted by Gasteiger charge is -2.06. The number of aromatic nitrogens is 2. The molecule has 2 aromatic carbocycles. The third-order valence-electron chi connectivity index (χ3n) is 4.45. The average Bonchev–Trinajstić information content (AvgIpc) is 3.35. The molecular weight excluding hydrogens is 406 g/mol. The Labute approximate surface area is 174 Å². The lowest BCUT2D eigenvalue weighted by molar-refractivity contribution is -0.116. The van der Waals surface area contributed by atoms with E-state index in [9.17, 15) is 10.1 Å². The van der Waals surface area contributed by atoms with Crippen LogP contribution in [0.2, 0.25) is 0 Å². The maximum absolute atomic E-state index is 12.5. The fourth-order valence-corrected chi connectivity index (χ4v) is 4.92. The molecular formula is C21H13N3O3S2. The van der Waals surface area contributed by atoms with Gasteiger partial charge in [-0.05, 0) is 24.3 Å². The number of rotatable bonds is 5. The topological polar surface area (TPSA) is 85.1 Å². The van der Waals surface area contributed by atoms with E-state index in [1.54, 1.807) is 12.1 Å². The van der Waals surface area contributed by atoms with Gasteiger partial charge in [0.15, 0.2) is 11.5 Å². The van der Waals surface area contributed by atoms with E-state index < -0.39 is 0 Å². The molecule has 0 N–H and O–H groups in total. The van der Waals surface area contributed by atoms with Crippen molar-refractivity contribution in [3.05, 3.63) is 53.0 Å². The predicted octanol–water partition coefficient (Wildman–Crippen LogP) is 4.35. The van der Waals surface area contributed by atoms with Crippen molar-refractivity contribution in [1.82, 2.24) is 9.97 Å². The summed E-state index contributed by atoms with van der Waals surface area (Å²) >= 11 is 2.81. The summed E-state index contributed by atoms with van der Waals surface area (Å²) in [4.78, 5) is 21.6. The van der Waals surface area contributed by atoms with Crippen molar-refractivity contribution in [2.24, 2.45) is 0 Å². The van der Waals surface area contributed by atoms with Crippen molar-refractivity contribution >= 4 is 50.0 Å². The third-order valence-corrected chi connectivity index (χ3v) is 6.54. The normalized spacial score (nSPS) is 12.4. The van der Waals surface area contributed by atoms with Gasteiger partial charge in [0.05, 0.1) is 33.5 Å². The number of ether oxygens (including phenoxy) is 2. The zero-order valence-electron chi connectivity index (χ0n) is 15.0. The second-order valence-corrected chi connectivity index (χ2v) is 8.51. The van der Waals surface area contributed by atoms with Crippen molar-refractivity contribution in [3.63, 3.8) is 0 Å². The van der Waals surface area contributed by atoms with Crippen LogP contribution < -0.4 is 9.47 Å². The molecule has 142 valence electrons. The van der Waals surface area contributed by atoms with E-state index in [4.69, 9.17) is 9.47 Å². The number of ketones is 1. The first kappa shape index (κ1) is 17.9. The van der Waals surface area contributed by atoms with E-state index in [1.807, 2.05) is 30.3 Å². The molecule has 0 saturated carbocycles. The SMILES string of the molecule is N#Cc1cc2cc3c(cc2nc1SCC(=O)Cc1nc2ccccc2s1)OCO3. The lowest BCUT2D eigenvalue weighted by atomic mass is 10.1. The van der Waals surface area contributed by atoms with Crippen LogP contribution in [0.4, 0.5) is 0 Å². The quantitative estimate of drug-likeness (QED) is 0.445. The molecule has 0 radical (unpaired) electrons. The molecule has 29 heavy (non-hydrogen) atoms. The number of hydrogen-bond acceptors (Lipinski definition) is 8. The summed E-state index contributed by atoms with van der Waals surface area (Å²) in [6.07, 6.45) is 0.278. The summed E-state index contributed by atoms with van der Waals surface area (Å²) in [5.74, 6) is 1.56. The summed E-state index contributed by atoms with van der Waals surface area (Å²) in [7, 11) is 0. The minimum atomic E-state index is 0.0468. The van der Waals surface area contributed by atoms with E-state index in [1.165, 1.54) is 23.1 Å². The molecule has 4 aromatic rings. The Kier molecular flexibility index (Phi) is 4.54. The van der Waals surface area contributed by atoms with E-state index in [2.05, 4.69) is 16.0 Å². The van der Waals surface area contributed by atoms with Crippen LogP contribution in [0.25, 0.3) is 21.1 Å². The number of para-hydroxylation sites is 1. The molecule has 1 aliphatic rings. The van der Waals surface area contributed by atoms with Crippen LogP contribution in [-0.4, -0.2) is 28.3 Å². The average molecular weight is 419 g/mol.